The molecule has 15 aromatic carbocycles. The van der Waals surface area contributed by atoms with Crippen molar-refractivity contribution in [3.05, 3.63) is 381 Å². The Hall–Kier alpha value is -14.8. The van der Waals surface area contributed by atoms with Crippen LogP contribution >= 0.6 is 0 Å². The van der Waals surface area contributed by atoms with Crippen LogP contribution in [0.2, 0.25) is 0 Å². The van der Waals surface area contributed by atoms with Crippen molar-refractivity contribution in [2.45, 2.75) is 13.8 Å². The van der Waals surface area contributed by atoms with Gasteiger partial charge in [0.05, 0.1) is 89.7 Å². The molecule has 21 aromatic rings. The van der Waals surface area contributed by atoms with E-state index in [4.69, 9.17) is 39.9 Å². The fourth-order valence-corrected chi connectivity index (χ4v) is 16.1. The Labute approximate surface area is 640 Å². The number of nitrogens with zero attached hydrogens (tertiary/aromatic N) is 9. The first kappa shape index (κ1) is 65.7. The smallest absolute Gasteiger partial charge is 0.160 e. The highest BCUT2D eigenvalue weighted by Gasteiger charge is 2.25. The molecular formula is C102H67N9. The van der Waals surface area contributed by atoms with Gasteiger partial charge in [0.2, 0.25) is 0 Å². The third-order valence-electron chi connectivity index (χ3n) is 21.2. The number of benzene rings is 15. The second-order valence-corrected chi connectivity index (χ2v) is 28.2. The predicted octanol–water partition coefficient (Wildman–Crippen LogP) is 25.8. The van der Waals surface area contributed by atoms with Gasteiger partial charge in [0, 0.05) is 98.8 Å². The molecule has 0 atom stereocenters. The standard InChI is InChI=1S/C52H34N4.C50H33N5/c1-33-31-44-52(55-51(36-17-6-3-7-18-36)50(54-44)35-15-4-2-5-16-35)48-42-23-8-11-24-43(42)53-49(47(33)48)38-20-14-19-37(32-38)34-27-29-39(30-28-34)56-45-25-12-9-21-40(45)41-22-10-13-26-46(41)56;1-32-29-43-49(55-48(35-21-10-4-11-22-35)47(52-43)34-19-8-3-9-20-34)45-39-27-14-15-28-40(39)51-46(44(32)45)38-26-16-25-37(30-38)42-31-41(33-17-6-2-7-18-33)53-50(54-42)36-23-12-5-13-24-36/h2-32H,1H3;2-31H,1H3. The minimum atomic E-state index is 0.682. The van der Waals surface area contributed by atoms with Crippen LogP contribution in [0, 0.1) is 13.8 Å². The van der Waals surface area contributed by atoms with E-state index in [9.17, 15) is 0 Å². The molecule has 6 heterocycles. The van der Waals surface area contributed by atoms with Crippen LogP contribution in [-0.4, -0.2) is 44.4 Å². The number of pyridine rings is 2. The van der Waals surface area contributed by atoms with Crippen LogP contribution in [0.15, 0.2) is 370 Å². The molecule has 0 spiro atoms. The Morgan fingerprint density at radius 1 is 0.198 bits per heavy atom. The van der Waals surface area contributed by atoms with E-state index in [2.05, 4.69) is 310 Å². The molecule has 0 N–H and O–H groups in total. The van der Waals surface area contributed by atoms with Gasteiger partial charge < -0.3 is 4.57 Å². The quantitative estimate of drug-likeness (QED) is 0.118. The summed E-state index contributed by atoms with van der Waals surface area (Å²) in [5, 5.41) is 8.91. The lowest BCUT2D eigenvalue weighted by Gasteiger charge is -2.17. The molecule has 9 heteroatoms. The van der Waals surface area contributed by atoms with E-state index in [0.29, 0.717) is 5.82 Å². The zero-order valence-electron chi connectivity index (χ0n) is 60.7. The Morgan fingerprint density at radius 3 is 0.982 bits per heavy atom. The highest BCUT2D eigenvalue weighted by Crippen LogP contribution is 2.45. The summed E-state index contributed by atoms with van der Waals surface area (Å²) < 4.78 is 2.36. The summed E-state index contributed by atoms with van der Waals surface area (Å²) in [6.07, 6.45) is 0. The molecule has 520 valence electrons. The van der Waals surface area contributed by atoms with Crippen molar-refractivity contribution in [1.29, 1.82) is 0 Å². The van der Waals surface area contributed by atoms with Gasteiger partial charge in [-0.05, 0) is 103 Å². The lowest BCUT2D eigenvalue weighted by atomic mass is 9.93. The lowest BCUT2D eigenvalue weighted by molar-refractivity contribution is 1.18. The Kier molecular flexibility index (Phi) is 16.5. The summed E-state index contributed by atoms with van der Waals surface area (Å²) in [5.41, 5.74) is 29.5. The number of aromatic nitrogens is 9. The van der Waals surface area contributed by atoms with Crippen molar-refractivity contribution < 1.29 is 0 Å². The number of rotatable bonds is 11. The summed E-state index contributed by atoms with van der Waals surface area (Å²) in [6.45, 7) is 4.33. The molecule has 0 radical (unpaired) electrons. The molecule has 0 aliphatic rings. The van der Waals surface area contributed by atoms with Crippen LogP contribution in [-0.2, 0) is 0 Å². The predicted molar refractivity (Wildman–Crippen MR) is 458 cm³/mol. The van der Waals surface area contributed by atoms with Crippen molar-refractivity contribution in [2.24, 2.45) is 0 Å². The number of hydrogen-bond donors (Lipinski definition) is 0. The fourth-order valence-electron chi connectivity index (χ4n) is 16.1. The van der Waals surface area contributed by atoms with Crippen molar-refractivity contribution in [3.63, 3.8) is 0 Å². The molecule has 0 bridgehead atoms. The van der Waals surface area contributed by atoms with Gasteiger partial charge in [0.15, 0.2) is 5.82 Å². The number of hydrogen-bond acceptors (Lipinski definition) is 8. The van der Waals surface area contributed by atoms with Gasteiger partial charge in [-0.15, -0.1) is 0 Å². The van der Waals surface area contributed by atoms with E-state index in [1.807, 2.05) is 78.9 Å². The second-order valence-electron chi connectivity index (χ2n) is 28.2. The monoisotopic (exact) mass is 1420 g/mol. The first-order valence-corrected chi connectivity index (χ1v) is 37.5. The average Bonchev–Trinajstić information content (AvgIpc) is 1.47. The van der Waals surface area contributed by atoms with Gasteiger partial charge in [-0.1, -0.05) is 303 Å². The van der Waals surface area contributed by atoms with Crippen molar-refractivity contribution in [3.8, 4) is 118 Å². The third kappa shape index (κ3) is 11.9. The summed E-state index contributed by atoms with van der Waals surface area (Å²) in [4.78, 5) is 42.6. The molecule has 6 aromatic heterocycles. The summed E-state index contributed by atoms with van der Waals surface area (Å²) in [7, 11) is 0. The minimum Gasteiger partial charge on any atom is -0.309 e. The molecule has 21 rings (SSSR count). The zero-order chi connectivity index (χ0) is 73.9. The van der Waals surface area contributed by atoms with Crippen LogP contribution in [0.4, 0.5) is 0 Å². The van der Waals surface area contributed by atoms with Gasteiger partial charge in [0.1, 0.15) is 0 Å². The number of fused-ring (bicyclic) bond motifs is 13. The molecule has 0 aliphatic heterocycles. The normalized spacial score (nSPS) is 11.5. The van der Waals surface area contributed by atoms with E-state index >= 15 is 0 Å². The maximum Gasteiger partial charge on any atom is 0.160 e. The zero-order valence-corrected chi connectivity index (χ0v) is 60.7. The van der Waals surface area contributed by atoms with Crippen LogP contribution in [0.1, 0.15) is 11.1 Å². The number of para-hydroxylation sites is 4. The second kappa shape index (κ2) is 27.8. The maximum absolute atomic E-state index is 5.52. The SMILES string of the molecule is Cc1cc2nc(-c3ccccc3)c(-c3ccccc3)nc2c2c1c(-c1cccc(-c3cc(-c4ccccc4)nc(-c4ccccc4)n3)c1)nc1ccccc12.Cc1cc2nc(-c3ccccc3)c(-c3ccccc3)nc2c2c1c(-c1cccc(-c3ccc(-n4c5ccccc5c5ccccc54)cc3)c1)nc1ccccc12. The van der Waals surface area contributed by atoms with Gasteiger partial charge >= 0.3 is 0 Å². The number of aryl methyl sites for hydroxylation is 2. The van der Waals surface area contributed by atoms with Crippen molar-refractivity contribution in [1.82, 2.24) is 44.4 Å². The molecular weight excluding hydrogens is 1350 g/mol. The summed E-state index contributed by atoms with van der Waals surface area (Å²) in [6, 6.07) is 129. The Morgan fingerprint density at radius 2 is 0.532 bits per heavy atom. The largest absolute Gasteiger partial charge is 0.309 e. The van der Waals surface area contributed by atoms with Crippen LogP contribution < -0.4 is 0 Å². The molecule has 0 saturated heterocycles. The first-order valence-electron chi connectivity index (χ1n) is 37.5. The average molecular weight is 1420 g/mol. The van der Waals surface area contributed by atoms with Crippen molar-refractivity contribution >= 4 is 87.2 Å². The van der Waals surface area contributed by atoms with E-state index in [1.54, 1.807) is 0 Å². The van der Waals surface area contributed by atoms with E-state index in [-0.39, 0.29) is 0 Å². The van der Waals surface area contributed by atoms with Crippen LogP contribution in [0.3, 0.4) is 0 Å². The van der Waals surface area contributed by atoms with Gasteiger partial charge in [-0.3, -0.25) is 0 Å². The van der Waals surface area contributed by atoms with E-state index < -0.39 is 0 Å². The lowest BCUT2D eigenvalue weighted by Crippen LogP contribution is -1.99. The minimum absolute atomic E-state index is 0.682. The molecule has 111 heavy (non-hydrogen) atoms. The van der Waals surface area contributed by atoms with Gasteiger partial charge in [0.25, 0.3) is 0 Å². The topological polar surface area (TPSA) is 108 Å². The molecule has 0 aliphatic carbocycles. The van der Waals surface area contributed by atoms with Crippen LogP contribution in [0.5, 0.6) is 0 Å². The van der Waals surface area contributed by atoms with Gasteiger partial charge in [-0.25, -0.2) is 39.9 Å². The Bertz CT molecular complexity index is 7070. The third-order valence-corrected chi connectivity index (χ3v) is 21.2. The van der Waals surface area contributed by atoms with E-state index in [1.165, 1.54) is 21.8 Å². The molecule has 0 fully saturated rings. The molecule has 0 saturated carbocycles. The van der Waals surface area contributed by atoms with Crippen molar-refractivity contribution in [2.75, 3.05) is 0 Å². The molecule has 0 amide bonds. The van der Waals surface area contributed by atoms with Gasteiger partial charge in [-0.2, -0.15) is 0 Å². The van der Waals surface area contributed by atoms with E-state index in [0.717, 1.165) is 189 Å². The Balaban J connectivity index is 0.000000145. The molecule has 9 nitrogen and oxygen atoms in total. The summed E-state index contributed by atoms with van der Waals surface area (Å²) >= 11 is 0. The van der Waals surface area contributed by atoms with Crippen LogP contribution in [0.25, 0.3) is 205 Å². The highest BCUT2D eigenvalue weighted by molar-refractivity contribution is 6.24. The summed E-state index contributed by atoms with van der Waals surface area (Å²) in [5.74, 6) is 0.682. The molecule has 0 unspecified atom stereocenters. The fraction of sp³-hybridized carbons (Fsp3) is 0.0196. The highest BCUT2D eigenvalue weighted by atomic mass is 15.0. The maximum atomic E-state index is 5.52. The first-order chi connectivity index (χ1) is 54.9.